The zero-order valence-electron chi connectivity index (χ0n) is 16.8. The van der Waals surface area contributed by atoms with Gasteiger partial charge in [0.05, 0.1) is 30.5 Å². The Kier molecular flexibility index (Phi) is 8.01. The van der Waals surface area contributed by atoms with Crippen molar-refractivity contribution in [2.24, 2.45) is 16.1 Å². The second kappa shape index (κ2) is 10.2. The van der Waals surface area contributed by atoms with E-state index in [1.807, 2.05) is 37.8 Å². The lowest BCUT2D eigenvalue weighted by atomic mass is 9.94. The number of rotatable bonds is 6. The van der Waals surface area contributed by atoms with E-state index in [2.05, 4.69) is 11.7 Å². The molecule has 0 saturated carbocycles. The maximum Gasteiger partial charge on any atom is 0.316 e. The van der Waals surface area contributed by atoms with Crippen molar-refractivity contribution in [1.29, 1.82) is 0 Å². The van der Waals surface area contributed by atoms with Gasteiger partial charge in [0.2, 0.25) is 0 Å². The lowest BCUT2D eigenvalue weighted by molar-refractivity contribution is -0.151. The Labute approximate surface area is 174 Å². The fourth-order valence-corrected chi connectivity index (χ4v) is 3.61. The summed E-state index contributed by atoms with van der Waals surface area (Å²) in [5, 5.41) is 12.5. The van der Waals surface area contributed by atoms with E-state index in [-0.39, 0.29) is 17.6 Å². The number of ether oxygens (including phenoxy) is 1. The summed E-state index contributed by atoms with van der Waals surface area (Å²) in [5.41, 5.74) is 1.87. The second-order valence-corrected chi connectivity index (χ2v) is 8.36. The van der Waals surface area contributed by atoms with Crippen molar-refractivity contribution in [3.63, 3.8) is 0 Å². The summed E-state index contributed by atoms with van der Waals surface area (Å²) in [6, 6.07) is 0. The molecular formula is C21H26FN3O3S. The first-order valence-electron chi connectivity index (χ1n) is 9.16. The van der Waals surface area contributed by atoms with Gasteiger partial charge in [0.25, 0.3) is 0 Å². The molecule has 1 heterocycles. The van der Waals surface area contributed by atoms with Crippen molar-refractivity contribution >= 4 is 29.1 Å². The fourth-order valence-electron chi connectivity index (χ4n) is 2.82. The molecule has 8 heteroatoms. The van der Waals surface area contributed by atoms with Gasteiger partial charge in [-0.3, -0.25) is 4.79 Å². The molecule has 0 bridgehead atoms. The molecular weight excluding hydrogens is 393 g/mol. The SMILES string of the molecule is C=C/C(=C\C=C\F)N1CC2=CCC(/C=N/O)C=C2N=C1SCC(=O)OC(C)(C)C. The summed E-state index contributed by atoms with van der Waals surface area (Å²) >= 11 is 1.25. The van der Waals surface area contributed by atoms with Gasteiger partial charge in [-0.2, -0.15) is 0 Å². The summed E-state index contributed by atoms with van der Waals surface area (Å²) in [6.45, 7) is 9.76. The molecule has 6 nitrogen and oxygen atoms in total. The van der Waals surface area contributed by atoms with E-state index in [1.54, 1.807) is 12.2 Å². The van der Waals surface area contributed by atoms with Gasteiger partial charge in [-0.1, -0.05) is 24.4 Å². The standard InChI is InChI=1S/C21H26FN3O3S/c1-5-17(7-6-10-22)25-13-16-9-8-15(12-23-27)11-18(16)24-20(25)29-14-19(26)28-21(2,3)4/h5-7,9-12,15,27H,1,8,13-14H2,2-4H3/b10-6+,17-7+,23-12+. The first kappa shape index (κ1) is 22.7. The average Bonchev–Trinajstić information content (AvgIpc) is 2.65. The topological polar surface area (TPSA) is 74.5 Å². The lowest BCUT2D eigenvalue weighted by Gasteiger charge is -2.33. The molecule has 0 radical (unpaired) electrons. The quantitative estimate of drug-likeness (QED) is 0.224. The van der Waals surface area contributed by atoms with Crippen molar-refractivity contribution in [2.45, 2.75) is 32.8 Å². The molecule has 156 valence electrons. The zero-order chi connectivity index (χ0) is 21.4. The molecule has 2 aliphatic rings. The number of nitrogens with zero attached hydrogens (tertiary/aromatic N) is 3. The Hall–Kier alpha value is -2.61. The third kappa shape index (κ3) is 6.74. The van der Waals surface area contributed by atoms with Gasteiger partial charge in [0.15, 0.2) is 5.17 Å². The monoisotopic (exact) mass is 419 g/mol. The number of esters is 1. The van der Waals surface area contributed by atoms with Crippen LogP contribution in [0.5, 0.6) is 0 Å². The summed E-state index contributed by atoms with van der Waals surface area (Å²) in [7, 11) is 0. The maximum absolute atomic E-state index is 12.5. The van der Waals surface area contributed by atoms with Crippen LogP contribution in [-0.4, -0.2) is 45.4 Å². The normalized spacial score (nSPS) is 20.3. The third-order valence-corrected chi connectivity index (χ3v) is 4.92. The predicted molar refractivity (Wildman–Crippen MR) is 116 cm³/mol. The van der Waals surface area contributed by atoms with Gasteiger partial charge in [-0.05, 0) is 57.1 Å². The summed E-state index contributed by atoms with van der Waals surface area (Å²) in [6.07, 6.45) is 11.1. The number of thioether (sulfide) groups is 1. The lowest BCUT2D eigenvalue weighted by Crippen LogP contribution is -2.35. The molecule has 0 amide bonds. The molecule has 1 aliphatic carbocycles. The number of allylic oxidation sites excluding steroid dienone is 5. The van der Waals surface area contributed by atoms with Crippen LogP contribution in [0.25, 0.3) is 0 Å². The summed E-state index contributed by atoms with van der Waals surface area (Å²) in [5.74, 6) is -0.304. The largest absolute Gasteiger partial charge is 0.459 e. The van der Waals surface area contributed by atoms with Gasteiger partial charge in [0.1, 0.15) is 5.60 Å². The van der Waals surface area contributed by atoms with E-state index >= 15 is 0 Å². The Balaban J connectivity index is 2.32. The highest BCUT2D eigenvalue weighted by atomic mass is 32.2. The maximum atomic E-state index is 12.5. The van der Waals surface area contributed by atoms with E-state index in [9.17, 15) is 9.18 Å². The fraction of sp³-hybridized carbons (Fsp3) is 0.381. The highest BCUT2D eigenvalue weighted by Gasteiger charge is 2.27. The minimum atomic E-state index is -0.567. The van der Waals surface area contributed by atoms with E-state index < -0.39 is 5.60 Å². The minimum absolute atomic E-state index is 0.0463. The number of carbonyl (C=O) groups excluding carboxylic acids is 1. The van der Waals surface area contributed by atoms with Gasteiger partial charge in [-0.15, -0.1) is 5.16 Å². The van der Waals surface area contributed by atoms with Crippen molar-refractivity contribution in [3.05, 3.63) is 60.3 Å². The van der Waals surface area contributed by atoms with E-state index in [1.165, 1.54) is 24.1 Å². The van der Waals surface area contributed by atoms with Gasteiger partial charge >= 0.3 is 5.97 Å². The van der Waals surface area contributed by atoms with Crippen LogP contribution in [0, 0.1) is 5.92 Å². The number of halogens is 1. The highest BCUT2D eigenvalue weighted by molar-refractivity contribution is 8.14. The molecule has 29 heavy (non-hydrogen) atoms. The van der Waals surface area contributed by atoms with E-state index in [0.29, 0.717) is 30.2 Å². The van der Waals surface area contributed by atoms with E-state index in [0.717, 1.165) is 11.3 Å². The van der Waals surface area contributed by atoms with E-state index in [4.69, 9.17) is 14.9 Å². The number of fused-ring (bicyclic) bond motifs is 1. The molecule has 0 aromatic heterocycles. The smallest absolute Gasteiger partial charge is 0.316 e. The summed E-state index contributed by atoms with van der Waals surface area (Å²) in [4.78, 5) is 18.7. The van der Waals surface area contributed by atoms with Crippen LogP contribution >= 0.6 is 11.8 Å². The van der Waals surface area contributed by atoms with Crippen LogP contribution in [0.3, 0.4) is 0 Å². The van der Waals surface area contributed by atoms with Gasteiger partial charge < -0.3 is 14.8 Å². The first-order chi connectivity index (χ1) is 13.8. The molecule has 0 saturated heterocycles. The molecule has 0 aromatic carbocycles. The molecule has 2 rings (SSSR count). The Morgan fingerprint density at radius 3 is 2.93 bits per heavy atom. The summed E-state index contributed by atoms with van der Waals surface area (Å²) < 4.78 is 17.9. The average molecular weight is 420 g/mol. The number of amidine groups is 1. The van der Waals surface area contributed by atoms with Crippen molar-refractivity contribution < 1.29 is 19.1 Å². The van der Waals surface area contributed by atoms with Crippen LogP contribution in [0.4, 0.5) is 4.39 Å². The van der Waals surface area contributed by atoms with Crippen LogP contribution in [-0.2, 0) is 9.53 Å². The third-order valence-electron chi connectivity index (χ3n) is 3.97. The van der Waals surface area contributed by atoms with Crippen LogP contribution in [0.15, 0.2) is 70.4 Å². The highest BCUT2D eigenvalue weighted by Crippen LogP contribution is 2.32. The molecule has 1 atom stereocenters. The van der Waals surface area contributed by atoms with Crippen molar-refractivity contribution in [2.75, 3.05) is 12.3 Å². The Morgan fingerprint density at radius 2 is 2.31 bits per heavy atom. The van der Waals surface area contributed by atoms with Crippen LogP contribution in [0.2, 0.25) is 0 Å². The van der Waals surface area contributed by atoms with Gasteiger partial charge in [-0.25, -0.2) is 9.38 Å². The van der Waals surface area contributed by atoms with Crippen molar-refractivity contribution in [3.8, 4) is 0 Å². The predicted octanol–water partition coefficient (Wildman–Crippen LogP) is 4.58. The van der Waals surface area contributed by atoms with Crippen LogP contribution < -0.4 is 0 Å². The Bertz CT molecular complexity index is 820. The zero-order valence-corrected chi connectivity index (χ0v) is 17.7. The molecule has 0 spiro atoms. The number of aliphatic imine (C=N–C) groups is 1. The first-order valence-corrected chi connectivity index (χ1v) is 10.1. The van der Waals surface area contributed by atoms with Gasteiger partial charge in [0, 0.05) is 11.6 Å². The number of carbonyl (C=O) groups is 1. The number of hydrogen-bond donors (Lipinski definition) is 1. The Morgan fingerprint density at radius 1 is 1.55 bits per heavy atom. The molecule has 1 unspecified atom stereocenters. The molecule has 1 N–H and O–H groups in total. The number of oxime groups is 1. The number of hydrogen-bond acceptors (Lipinski definition) is 7. The molecule has 0 aromatic rings. The van der Waals surface area contributed by atoms with Crippen LogP contribution in [0.1, 0.15) is 27.2 Å². The molecule has 1 aliphatic heterocycles. The van der Waals surface area contributed by atoms with Crippen molar-refractivity contribution in [1.82, 2.24) is 4.90 Å². The minimum Gasteiger partial charge on any atom is -0.459 e. The molecule has 0 fully saturated rings. The second-order valence-electron chi connectivity index (χ2n) is 7.42.